The lowest BCUT2D eigenvalue weighted by Gasteiger charge is -2.14. The number of carbonyl (C=O) groups excluding carboxylic acids is 1. The fourth-order valence-electron chi connectivity index (χ4n) is 2.90. The summed E-state index contributed by atoms with van der Waals surface area (Å²) in [6.45, 7) is 1.74. The number of nitrogens with zero attached hydrogens (tertiary/aromatic N) is 5. The summed E-state index contributed by atoms with van der Waals surface area (Å²) in [4.78, 5) is 25.3. The first-order valence-corrected chi connectivity index (χ1v) is 10.9. The van der Waals surface area contributed by atoms with E-state index in [1.54, 1.807) is 49.6 Å². The molecule has 0 aliphatic heterocycles. The summed E-state index contributed by atoms with van der Waals surface area (Å²) in [5, 5.41) is 6.92. The Labute approximate surface area is 184 Å². The van der Waals surface area contributed by atoms with Crippen LogP contribution in [0.25, 0.3) is 5.95 Å². The summed E-state index contributed by atoms with van der Waals surface area (Å²) in [6.07, 6.45) is 4.50. The summed E-state index contributed by atoms with van der Waals surface area (Å²) >= 11 is 0. The molecule has 2 aromatic carbocycles. The molecule has 0 spiro atoms. The molecule has 4 aromatic rings. The van der Waals surface area contributed by atoms with E-state index in [-0.39, 0.29) is 16.2 Å². The molecular formula is C21H18N6O4S. The summed E-state index contributed by atoms with van der Waals surface area (Å²) in [7, 11) is -4.02. The van der Waals surface area contributed by atoms with E-state index in [4.69, 9.17) is 4.18 Å². The number of rotatable bonds is 7. The zero-order valence-electron chi connectivity index (χ0n) is 16.9. The van der Waals surface area contributed by atoms with Gasteiger partial charge in [0.25, 0.3) is 11.9 Å². The molecule has 0 bridgehead atoms. The van der Waals surface area contributed by atoms with Gasteiger partial charge >= 0.3 is 10.1 Å². The monoisotopic (exact) mass is 450 g/mol. The van der Waals surface area contributed by atoms with Crippen LogP contribution in [0.3, 0.4) is 0 Å². The average Bonchev–Trinajstić information content (AvgIpc) is 3.30. The van der Waals surface area contributed by atoms with Crippen molar-refractivity contribution in [2.75, 3.05) is 0 Å². The number of hydrogen-bond donors (Lipinski definition) is 1. The highest BCUT2D eigenvalue weighted by Gasteiger charge is 2.20. The van der Waals surface area contributed by atoms with Gasteiger partial charge in [0.1, 0.15) is 17.0 Å². The predicted molar refractivity (Wildman–Crippen MR) is 114 cm³/mol. The van der Waals surface area contributed by atoms with Crippen LogP contribution in [0, 0.1) is 0 Å². The lowest BCUT2D eigenvalue weighted by Crippen LogP contribution is -2.29. The Kier molecular flexibility index (Phi) is 5.90. The first-order chi connectivity index (χ1) is 15.4. The number of nitrogens with one attached hydrogen (secondary N) is 1. The Balaban J connectivity index is 1.50. The maximum atomic E-state index is 12.8. The first-order valence-electron chi connectivity index (χ1n) is 9.52. The maximum absolute atomic E-state index is 12.8. The number of hydrogen-bond acceptors (Lipinski definition) is 8. The third kappa shape index (κ3) is 4.62. The molecule has 1 atom stereocenters. The van der Waals surface area contributed by atoms with Crippen LogP contribution in [0.5, 0.6) is 5.75 Å². The van der Waals surface area contributed by atoms with Crippen molar-refractivity contribution in [1.29, 1.82) is 0 Å². The second-order valence-corrected chi connectivity index (χ2v) is 8.20. The van der Waals surface area contributed by atoms with Gasteiger partial charge in [-0.15, -0.1) is 0 Å². The molecular weight excluding hydrogens is 432 g/mol. The average molecular weight is 450 g/mol. The fraction of sp³-hybridized carbons (Fsp3) is 0.0952. The molecule has 0 saturated carbocycles. The summed E-state index contributed by atoms with van der Waals surface area (Å²) in [5.74, 6) is 0.338. The van der Waals surface area contributed by atoms with Gasteiger partial charge in [0, 0.05) is 18.0 Å². The van der Waals surface area contributed by atoms with Gasteiger partial charge in [0.05, 0.1) is 6.04 Å². The second-order valence-electron chi connectivity index (χ2n) is 6.65. The second kappa shape index (κ2) is 8.94. The largest absolute Gasteiger partial charge is 0.379 e. The van der Waals surface area contributed by atoms with Crippen molar-refractivity contribution in [3.05, 3.63) is 90.8 Å². The minimum absolute atomic E-state index is 0.0194. The number of aromatic nitrogens is 5. The molecule has 11 heteroatoms. The van der Waals surface area contributed by atoms with Crippen molar-refractivity contribution in [1.82, 2.24) is 30.0 Å². The number of benzene rings is 2. The molecule has 0 fully saturated rings. The lowest BCUT2D eigenvalue weighted by atomic mass is 10.2. The van der Waals surface area contributed by atoms with Crippen LogP contribution in [-0.4, -0.2) is 39.1 Å². The fourth-order valence-corrected chi connectivity index (χ4v) is 3.84. The highest BCUT2D eigenvalue weighted by atomic mass is 32.2. The SMILES string of the molecule is CC(NC(=O)c1cccc(OS(=O)(=O)c2ccccc2)c1)c1ncnn1-c1ncccn1. The summed E-state index contributed by atoms with van der Waals surface area (Å²) in [6, 6.07) is 14.8. The van der Waals surface area contributed by atoms with E-state index in [0.717, 1.165) is 0 Å². The molecule has 162 valence electrons. The Morgan fingerprint density at radius 3 is 2.50 bits per heavy atom. The molecule has 4 rings (SSSR count). The van der Waals surface area contributed by atoms with Crippen LogP contribution in [-0.2, 0) is 10.1 Å². The van der Waals surface area contributed by atoms with Crippen LogP contribution in [0.4, 0.5) is 0 Å². The summed E-state index contributed by atoms with van der Waals surface area (Å²) in [5.41, 5.74) is 0.222. The molecule has 1 amide bonds. The van der Waals surface area contributed by atoms with E-state index in [1.165, 1.54) is 41.3 Å². The topological polar surface area (TPSA) is 129 Å². The molecule has 2 aromatic heterocycles. The van der Waals surface area contributed by atoms with Gasteiger partial charge in [-0.3, -0.25) is 4.79 Å². The van der Waals surface area contributed by atoms with E-state index in [0.29, 0.717) is 11.8 Å². The molecule has 0 aliphatic rings. The molecule has 1 unspecified atom stereocenters. The molecule has 0 saturated heterocycles. The molecule has 32 heavy (non-hydrogen) atoms. The van der Waals surface area contributed by atoms with Crippen molar-refractivity contribution in [2.45, 2.75) is 17.9 Å². The van der Waals surface area contributed by atoms with E-state index >= 15 is 0 Å². The van der Waals surface area contributed by atoms with Crippen LogP contribution in [0.1, 0.15) is 29.1 Å². The van der Waals surface area contributed by atoms with Gasteiger partial charge < -0.3 is 9.50 Å². The van der Waals surface area contributed by atoms with Crippen LogP contribution >= 0.6 is 0 Å². The normalized spacial score (nSPS) is 12.2. The van der Waals surface area contributed by atoms with E-state index < -0.39 is 22.1 Å². The summed E-state index contributed by atoms with van der Waals surface area (Å²) < 4.78 is 31.5. The molecule has 0 radical (unpaired) electrons. The van der Waals surface area contributed by atoms with Gasteiger partial charge in [-0.25, -0.2) is 15.0 Å². The highest BCUT2D eigenvalue weighted by molar-refractivity contribution is 7.87. The standard InChI is InChI=1S/C21H18N6O4S/c1-15(19-24-14-25-27(19)21-22-11-6-12-23-21)26-20(28)16-7-5-8-17(13-16)31-32(29,30)18-9-3-2-4-10-18/h2-15H,1H3,(H,26,28). The van der Waals surface area contributed by atoms with Crippen molar-refractivity contribution >= 4 is 16.0 Å². The van der Waals surface area contributed by atoms with Crippen molar-refractivity contribution in [3.63, 3.8) is 0 Å². The number of amides is 1. The zero-order valence-corrected chi connectivity index (χ0v) is 17.7. The van der Waals surface area contributed by atoms with Crippen molar-refractivity contribution in [2.24, 2.45) is 0 Å². The van der Waals surface area contributed by atoms with Gasteiger partial charge in [0.15, 0.2) is 5.82 Å². The Morgan fingerprint density at radius 2 is 1.75 bits per heavy atom. The maximum Gasteiger partial charge on any atom is 0.339 e. The molecule has 0 aliphatic carbocycles. The highest BCUT2D eigenvalue weighted by Crippen LogP contribution is 2.20. The molecule has 10 nitrogen and oxygen atoms in total. The Bertz CT molecular complexity index is 1330. The third-order valence-corrected chi connectivity index (χ3v) is 5.65. The minimum Gasteiger partial charge on any atom is -0.379 e. The quantitative estimate of drug-likeness (QED) is 0.425. The molecule has 1 N–H and O–H groups in total. The number of carbonyl (C=O) groups is 1. The zero-order chi connectivity index (χ0) is 22.6. The predicted octanol–water partition coefficient (Wildman–Crippen LogP) is 2.32. The third-order valence-electron chi connectivity index (χ3n) is 4.38. The van der Waals surface area contributed by atoms with E-state index in [9.17, 15) is 13.2 Å². The smallest absolute Gasteiger partial charge is 0.339 e. The van der Waals surface area contributed by atoms with Gasteiger partial charge in [-0.05, 0) is 43.3 Å². The Hall–Kier alpha value is -4.12. The lowest BCUT2D eigenvalue weighted by molar-refractivity contribution is 0.0937. The van der Waals surface area contributed by atoms with Crippen molar-refractivity contribution < 1.29 is 17.4 Å². The van der Waals surface area contributed by atoms with Gasteiger partial charge in [0.2, 0.25) is 0 Å². The van der Waals surface area contributed by atoms with Gasteiger partial charge in [-0.1, -0.05) is 24.3 Å². The van der Waals surface area contributed by atoms with E-state index in [2.05, 4.69) is 25.4 Å². The van der Waals surface area contributed by atoms with E-state index in [1.807, 2.05) is 0 Å². The van der Waals surface area contributed by atoms with Gasteiger partial charge in [-0.2, -0.15) is 18.2 Å². The Morgan fingerprint density at radius 1 is 1.00 bits per heavy atom. The first kappa shape index (κ1) is 21.1. The van der Waals surface area contributed by atoms with Crippen LogP contribution < -0.4 is 9.50 Å². The van der Waals surface area contributed by atoms with Crippen molar-refractivity contribution in [3.8, 4) is 11.7 Å². The molecule has 2 heterocycles. The minimum atomic E-state index is -4.02. The van der Waals surface area contributed by atoms with Crippen LogP contribution in [0.15, 0.2) is 84.3 Å². The van der Waals surface area contributed by atoms with Crippen LogP contribution in [0.2, 0.25) is 0 Å².